The first kappa shape index (κ1) is 27.9. The fourth-order valence-electron chi connectivity index (χ4n) is 4.86. The van der Waals surface area contributed by atoms with Crippen molar-refractivity contribution in [3.05, 3.63) is 77.9 Å². The third-order valence-corrected chi connectivity index (χ3v) is 8.19. The number of hydrogen-bond acceptors (Lipinski definition) is 5. The Labute approximate surface area is 232 Å². The second-order valence-electron chi connectivity index (χ2n) is 9.94. The number of nitrogens with zero attached hydrogens (tertiary/aromatic N) is 1. The molecule has 10 heteroatoms. The van der Waals surface area contributed by atoms with E-state index in [0.717, 1.165) is 36.6 Å². The Morgan fingerprint density at radius 2 is 1.93 bits per heavy atom. The molecule has 2 heterocycles. The molecule has 0 spiro atoms. The number of nitrogens with two attached hydrogens (primary N) is 1. The molecule has 0 unspecified atom stereocenters. The van der Waals surface area contributed by atoms with Gasteiger partial charge in [-0.3, -0.25) is 4.39 Å². The molecule has 4 nitrogen and oxygen atoms in total. The van der Waals surface area contributed by atoms with Crippen LogP contribution in [0, 0.1) is 17.6 Å². The number of anilines is 2. The molecule has 5 rings (SSSR count). The summed E-state index contributed by atoms with van der Waals surface area (Å²) < 4.78 is 77.8. The minimum atomic E-state index is -3.35. The third-order valence-electron chi connectivity index (χ3n) is 6.94. The summed E-state index contributed by atoms with van der Waals surface area (Å²) in [5, 5.41) is 3.68. The lowest BCUT2D eigenvalue weighted by molar-refractivity contribution is 0.0178. The zero-order valence-electron chi connectivity index (χ0n) is 21.7. The van der Waals surface area contributed by atoms with Crippen LogP contribution in [-0.4, -0.2) is 37.8 Å². The molecule has 0 aliphatic carbocycles. The van der Waals surface area contributed by atoms with E-state index in [1.807, 2.05) is 0 Å². The zero-order valence-corrected chi connectivity index (χ0v) is 22.6. The predicted molar refractivity (Wildman–Crippen MR) is 152 cm³/mol. The van der Waals surface area contributed by atoms with Gasteiger partial charge in [-0.05, 0) is 36.4 Å². The maximum Gasteiger partial charge on any atom is 0.271 e. The van der Waals surface area contributed by atoms with Gasteiger partial charge in [0.15, 0.2) is 17.3 Å². The molecule has 1 fully saturated rings. The van der Waals surface area contributed by atoms with E-state index >= 15 is 4.39 Å². The Hall–Kier alpha value is -3.63. The maximum atomic E-state index is 15.2. The number of hydrogen-bond donors (Lipinski definition) is 2. The molecule has 1 aliphatic rings. The van der Waals surface area contributed by atoms with Gasteiger partial charge in [0.05, 0.1) is 11.6 Å². The van der Waals surface area contributed by atoms with Crippen molar-refractivity contribution in [1.82, 2.24) is 4.90 Å². The first-order chi connectivity index (χ1) is 19.1. The smallest absolute Gasteiger partial charge is 0.271 e. The lowest BCUT2D eigenvalue weighted by Crippen LogP contribution is -2.49. The van der Waals surface area contributed by atoms with Crippen molar-refractivity contribution in [2.24, 2.45) is 5.92 Å². The minimum Gasteiger partial charge on any atom is -0.452 e. The van der Waals surface area contributed by atoms with E-state index in [-0.39, 0.29) is 34.5 Å². The number of rotatable bonds is 10. The lowest BCUT2D eigenvalue weighted by atomic mass is 9.99. The Kier molecular flexibility index (Phi) is 7.74. The normalized spacial score (nSPS) is 14.3. The van der Waals surface area contributed by atoms with Crippen molar-refractivity contribution in [3.63, 3.8) is 0 Å². The standard InChI is InChI=1S/C30H28F5N3OS/c1-3-20-25(36)8-7-22-27(29(40-28(20)22)21-6-4-18(32)12-23(21)30(2,34)35)39-26-9-5-19(13-24(26)33)37-10-11-38-15-17(14-31)16-38/h3-9,12-13,17,37H,1,10-11,14-16,36H2,2H3. The molecule has 1 aromatic heterocycles. The van der Waals surface area contributed by atoms with Crippen LogP contribution in [-0.2, 0) is 5.92 Å². The Morgan fingerprint density at radius 3 is 2.60 bits per heavy atom. The van der Waals surface area contributed by atoms with Crippen molar-refractivity contribution >= 4 is 38.9 Å². The summed E-state index contributed by atoms with van der Waals surface area (Å²) in [4.78, 5) is 2.39. The third kappa shape index (κ3) is 5.51. The van der Waals surface area contributed by atoms with Crippen molar-refractivity contribution in [2.75, 3.05) is 43.9 Å². The molecule has 1 saturated heterocycles. The van der Waals surface area contributed by atoms with Gasteiger partial charge in [0.2, 0.25) is 0 Å². The summed E-state index contributed by atoms with van der Waals surface area (Å²) >= 11 is 1.13. The van der Waals surface area contributed by atoms with Gasteiger partial charge in [-0.1, -0.05) is 18.7 Å². The highest BCUT2D eigenvalue weighted by molar-refractivity contribution is 7.23. The van der Waals surface area contributed by atoms with Gasteiger partial charge in [0, 0.05) is 83.2 Å². The summed E-state index contributed by atoms with van der Waals surface area (Å²) in [6.07, 6.45) is 1.56. The number of likely N-dealkylation sites (tertiary alicyclic amines) is 1. The Bertz CT molecular complexity index is 1560. The molecule has 0 radical (unpaired) electrons. The van der Waals surface area contributed by atoms with Crippen LogP contribution in [0.25, 0.3) is 26.6 Å². The van der Waals surface area contributed by atoms with Crippen LogP contribution in [0.4, 0.5) is 33.3 Å². The number of fused-ring (bicyclic) bond motifs is 1. The van der Waals surface area contributed by atoms with Crippen molar-refractivity contribution in [2.45, 2.75) is 12.8 Å². The van der Waals surface area contributed by atoms with Crippen molar-refractivity contribution in [1.29, 1.82) is 0 Å². The topological polar surface area (TPSA) is 50.5 Å². The molecule has 1 aliphatic heterocycles. The van der Waals surface area contributed by atoms with Gasteiger partial charge in [-0.2, -0.15) is 0 Å². The molecule has 210 valence electrons. The van der Waals surface area contributed by atoms with E-state index in [1.165, 1.54) is 18.2 Å². The molecular formula is C30H28F5N3OS. The second-order valence-corrected chi connectivity index (χ2v) is 11.0. The van der Waals surface area contributed by atoms with E-state index in [2.05, 4.69) is 16.8 Å². The second kappa shape index (κ2) is 11.1. The highest BCUT2D eigenvalue weighted by atomic mass is 32.1. The first-order valence-electron chi connectivity index (χ1n) is 12.7. The largest absolute Gasteiger partial charge is 0.452 e. The molecule has 3 N–H and O–H groups in total. The van der Waals surface area contributed by atoms with E-state index in [0.29, 0.717) is 47.0 Å². The average Bonchev–Trinajstić information content (AvgIpc) is 3.24. The zero-order chi connectivity index (χ0) is 28.6. The van der Waals surface area contributed by atoms with E-state index < -0.39 is 23.1 Å². The Balaban J connectivity index is 1.50. The lowest BCUT2D eigenvalue weighted by Gasteiger charge is -2.37. The Morgan fingerprint density at radius 1 is 1.15 bits per heavy atom. The van der Waals surface area contributed by atoms with E-state index in [1.54, 1.807) is 24.3 Å². The van der Waals surface area contributed by atoms with Crippen molar-refractivity contribution in [3.8, 4) is 21.9 Å². The minimum absolute atomic E-state index is 0.0679. The monoisotopic (exact) mass is 573 g/mol. The highest BCUT2D eigenvalue weighted by Gasteiger charge is 2.32. The summed E-state index contributed by atoms with van der Waals surface area (Å²) in [5.74, 6) is -4.67. The molecule has 0 bridgehead atoms. The fourth-order valence-corrected chi connectivity index (χ4v) is 6.18. The SMILES string of the molecule is C=Cc1c(N)ccc2c(Oc3ccc(NCCN4CC(CF)C4)cc3F)c(-c3ccc(F)cc3C(C)(F)F)sc12. The van der Waals surface area contributed by atoms with Crippen LogP contribution in [0.2, 0.25) is 0 Å². The molecule has 3 aromatic carbocycles. The fraction of sp³-hybridized carbons (Fsp3) is 0.267. The number of benzene rings is 3. The van der Waals surface area contributed by atoms with Gasteiger partial charge < -0.3 is 20.7 Å². The number of thiophene rings is 1. The van der Waals surface area contributed by atoms with Gasteiger partial charge in [0.25, 0.3) is 5.92 Å². The van der Waals surface area contributed by atoms with Gasteiger partial charge in [0.1, 0.15) is 5.82 Å². The number of nitrogen functional groups attached to an aromatic ring is 1. The van der Waals surface area contributed by atoms with Crippen LogP contribution in [0.3, 0.4) is 0 Å². The quantitative estimate of drug-likeness (QED) is 0.148. The molecule has 4 aromatic rings. The predicted octanol–water partition coefficient (Wildman–Crippen LogP) is 8.29. The molecule has 0 saturated carbocycles. The number of ether oxygens (including phenoxy) is 1. The highest BCUT2D eigenvalue weighted by Crippen LogP contribution is 2.51. The average molecular weight is 574 g/mol. The number of nitrogens with one attached hydrogen (secondary N) is 1. The summed E-state index contributed by atoms with van der Waals surface area (Å²) in [6.45, 7) is 6.89. The van der Waals surface area contributed by atoms with Crippen molar-refractivity contribution < 1.29 is 26.7 Å². The van der Waals surface area contributed by atoms with E-state index in [9.17, 15) is 17.6 Å². The van der Waals surface area contributed by atoms with Crippen LogP contribution in [0.5, 0.6) is 11.5 Å². The molecular weight excluding hydrogens is 545 g/mol. The molecule has 40 heavy (non-hydrogen) atoms. The number of halogens is 5. The van der Waals surface area contributed by atoms with Crippen LogP contribution >= 0.6 is 11.3 Å². The maximum absolute atomic E-state index is 15.2. The molecule has 0 amide bonds. The summed E-state index contributed by atoms with van der Waals surface area (Å²) in [5.41, 5.74) is 7.24. The van der Waals surface area contributed by atoms with E-state index in [4.69, 9.17) is 10.5 Å². The van der Waals surface area contributed by atoms with Gasteiger partial charge >= 0.3 is 0 Å². The number of alkyl halides is 3. The van der Waals surface area contributed by atoms with Gasteiger partial charge in [-0.15, -0.1) is 11.3 Å². The summed E-state index contributed by atoms with van der Waals surface area (Å²) in [6, 6.07) is 10.9. The molecule has 0 atom stereocenters. The first-order valence-corrected chi connectivity index (χ1v) is 13.6. The van der Waals surface area contributed by atoms with Crippen LogP contribution in [0.1, 0.15) is 18.1 Å². The van der Waals surface area contributed by atoms with Crippen LogP contribution < -0.4 is 15.8 Å². The van der Waals surface area contributed by atoms with Gasteiger partial charge in [-0.25, -0.2) is 17.6 Å². The summed E-state index contributed by atoms with van der Waals surface area (Å²) in [7, 11) is 0. The van der Waals surface area contributed by atoms with Crippen LogP contribution in [0.15, 0.2) is 55.1 Å².